The van der Waals surface area contributed by atoms with Crippen molar-refractivity contribution in [3.8, 4) is 0 Å². The van der Waals surface area contributed by atoms with Crippen molar-refractivity contribution in [1.82, 2.24) is 9.55 Å². The average Bonchev–Trinajstić information content (AvgIpc) is 3.06. The maximum Gasteiger partial charge on any atom is 0.351 e. The van der Waals surface area contributed by atoms with Gasteiger partial charge in [-0.1, -0.05) is 37.7 Å². The number of aromatic nitrogens is 2. The highest BCUT2D eigenvalue weighted by Crippen LogP contribution is 2.65. The maximum atomic E-state index is 15.1. The van der Waals surface area contributed by atoms with Gasteiger partial charge in [-0.3, -0.25) is 9.36 Å². The van der Waals surface area contributed by atoms with Crippen molar-refractivity contribution in [2.75, 3.05) is 5.73 Å². The molecule has 2 fully saturated rings. The van der Waals surface area contributed by atoms with Crippen LogP contribution >= 0.6 is 0 Å². The third-order valence-electron chi connectivity index (χ3n) is 5.27. The van der Waals surface area contributed by atoms with Crippen molar-refractivity contribution >= 4 is 11.8 Å². The Labute approximate surface area is 165 Å². The summed E-state index contributed by atoms with van der Waals surface area (Å²) in [5.74, 6) is -0.723. The van der Waals surface area contributed by atoms with Gasteiger partial charge in [0.05, 0.1) is 0 Å². The van der Waals surface area contributed by atoms with Crippen LogP contribution in [0.25, 0.3) is 10.4 Å². The largest absolute Gasteiger partial charge is 0.456 e. The van der Waals surface area contributed by atoms with Gasteiger partial charge in [-0.25, -0.2) is 9.18 Å². The molecule has 2 heterocycles. The van der Waals surface area contributed by atoms with Gasteiger partial charge >= 0.3 is 11.7 Å². The van der Waals surface area contributed by atoms with Gasteiger partial charge in [0.15, 0.2) is 24.1 Å². The second-order valence-corrected chi connectivity index (χ2v) is 7.20. The number of anilines is 1. The molecule has 158 valence electrons. The molecule has 1 aromatic rings. The summed E-state index contributed by atoms with van der Waals surface area (Å²) < 4.78 is 26.4. The number of unbranched alkanes of at least 4 members (excludes halogenated alkanes) is 4. The molecule has 2 unspecified atom stereocenters. The lowest BCUT2D eigenvalue weighted by atomic mass is 10.1. The average molecular weight is 410 g/mol. The zero-order chi connectivity index (χ0) is 21.2. The first-order valence-electron chi connectivity index (χ1n) is 9.46. The second-order valence-electron chi connectivity index (χ2n) is 7.20. The molecule has 29 heavy (non-hydrogen) atoms. The van der Waals surface area contributed by atoms with Crippen LogP contribution in [-0.2, 0) is 14.3 Å². The van der Waals surface area contributed by atoms with Crippen LogP contribution in [-0.4, -0.2) is 44.2 Å². The molecule has 5 atom stereocenters. The summed E-state index contributed by atoms with van der Waals surface area (Å²) in [6, 6.07) is 1.25. The standard InChI is InChI=1S/C17H23FN6O5/c1-2-3-4-5-6-7-11(25)28-14-16(27)12(18)13(29-17(14,16)22-23-20)24-9-8-10(19)21-15(24)26/h8-9,12-14,27H,2-7H2,1H3,(H2,19,21,26)/t12-,13+,14?,16+,17?/m0/s1. The second kappa shape index (κ2) is 7.97. The molecule has 3 rings (SSSR count). The highest BCUT2D eigenvalue weighted by molar-refractivity contribution is 5.70. The summed E-state index contributed by atoms with van der Waals surface area (Å²) in [4.78, 5) is 30.1. The molecule has 12 heteroatoms. The van der Waals surface area contributed by atoms with Crippen LogP contribution in [0.3, 0.4) is 0 Å². The Balaban J connectivity index is 1.71. The molecule has 2 aliphatic rings. The van der Waals surface area contributed by atoms with E-state index in [0.29, 0.717) is 6.42 Å². The number of ether oxygens (including phenoxy) is 2. The number of hydrogen-bond donors (Lipinski definition) is 2. The summed E-state index contributed by atoms with van der Waals surface area (Å²) in [5, 5.41) is 14.1. The topological polar surface area (TPSA) is 165 Å². The third-order valence-corrected chi connectivity index (χ3v) is 5.27. The summed E-state index contributed by atoms with van der Waals surface area (Å²) in [5.41, 5.74) is 8.81. The smallest absolute Gasteiger partial charge is 0.351 e. The minimum absolute atomic E-state index is 0.0703. The first kappa shape index (κ1) is 21.0. The number of alkyl halides is 1. The highest BCUT2D eigenvalue weighted by Gasteiger charge is 2.91. The van der Waals surface area contributed by atoms with Gasteiger partial charge < -0.3 is 20.3 Å². The number of hydrogen-bond acceptors (Lipinski definition) is 8. The van der Waals surface area contributed by atoms with Crippen molar-refractivity contribution in [3.63, 3.8) is 0 Å². The number of carbonyl (C=O) groups excluding carboxylic acids is 1. The number of nitrogen functional groups attached to an aromatic ring is 1. The van der Waals surface area contributed by atoms with Gasteiger partial charge in [0.2, 0.25) is 5.72 Å². The van der Waals surface area contributed by atoms with Crippen LogP contribution in [0.1, 0.15) is 51.7 Å². The number of azide groups is 1. The van der Waals surface area contributed by atoms with Gasteiger partial charge in [0.25, 0.3) is 0 Å². The van der Waals surface area contributed by atoms with E-state index in [4.69, 9.17) is 20.7 Å². The lowest BCUT2D eigenvalue weighted by molar-refractivity contribution is -0.158. The predicted octanol–water partition coefficient (Wildman–Crippen LogP) is 1.72. The van der Waals surface area contributed by atoms with Crippen LogP contribution in [0.4, 0.5) is 10.2 Å². The van der Waals surface area contributed by atoms with E-state index in [1.807, 2.05) is 0 Å². The molecule has 0 amide bonds. The van der Waals surface area contributed by atoms with E-state index in [-0.39, 0.29) is 12.2 Å². The van der Waals surface area contributed by atoms with Gasteiger partial charge in [-0.2, -0.15) is 4.98 Å². The van der Waals surface area contributed by atoms with Crippen LogP contribution in [0.2, 0.25) is 0 Å². The van der Waals surface area contributed by atoms with Gasteiger partial charge in [-0.15, -0.1) is 0 Å². The lowest BCUT2D eigenvalue weighted by Gasteiger charge is -2.22. The van der Waals surface area contributed by atoms with Crippen LogP contribution in [0.5, 0.6) is 0 Å². The number of fused-ring (bicyclic) bond motifs is 1. The van der Waals surface area contributed by atoms with E-state index < -0.39 is 41.5 Å². The molecular weight excluding hydrogens is 387 g/mol. The normalized spacial score (nSPS) is 32.3. The molecule has 1 aliphatic heterocycles. The number of halogens is 1. The number of nitrogens with zero attached hydrogens (tertiary/aromatic N) is 5. The number of carbonyl (C=O) groups is 1. The summed E-state index contributed by atoms with van der Waals surface area (Å²) in [6.07, 6.45) is 0.464. The lowest BCUT2D eigenvalue weighted by Crippen LogP contribution is -2.39. The Morgan fingerprint density at radius 1 is 1.52 bits per heavy atom. The number of nitrogens with two attached hydrogens (primary N) is 1. The molecular formula is C17H23FN6O5. The molecule has 0 aromatic carbocycles. The molecule has 3 N–H and O–H groups in total. The van der Waals surface area contributed by atoms with Crippen molar-refractivity contribution < 1.29 is 23.8 Å². The van der Waals surface area contributed by atoms with Crippen molar-refractivity contribution in [2.45, 2.75) is 75.3 Å². The first-order chi connectivity index (χ1) is 13.8. The molecule has 11 nitrogen and oxygen atoms in total. The van der Waals surface area contributed by atoms with E-state index in [9.17, 15) is 14.7 Å². The minimum atomic E-state index is -2.40. The summed E-state index contributed by atoms with van der Waals surface area (Å²) in [7, 11) is 0. The Kier molecular flexibility index (Phi) is 5.78. The Bertz CT molecular complexity index is 889. The molecule has 1 saturated carbocycles. The van der Waals surface area contributed by atoms with Crippen LogP contribution < -0.4 is 11.4 Å². The van der Waals surface area contributed by atoms with Crippen molar-refractivity contribution in [3.05, 3.63) is 33.2 Å². The quantitative estimate of drug-likeness (QED) is 0.205. The number of aliphatic hydroxyl groups is 1. The fraction of sp³-hybridized carbons (Fsp3) is 0.706. The van der Waals surface area contributed by atoms with Gasteiger partial charge in [0.1, 0.15) is 5.82 Å². The minimum Gasteiger partial charge on any atom is -0.456 e. The monoisotopic (exact) mass is 410 g/mol. The highest BCUT2D eigenvalue weighted by atomic mass is 19.1. The fourth-order valence-corrected chi connectivity index (χ4v) is 3.64. The SMILES string of the molecule is CCCCCCCC(=O)OC1C2(N=[N+]=[N-])O[C@@H](n3ccc(N)nc3=O)[C@H](F)[C@@]12O. The van der Waals surface area contributed by atoms with E-state index in [1.54, 1.807) is 0 Å². The number of esters is 1. The third kappa shape index (κ3) is 3.43. The van der Waals surface area contributed by atoms with E-state index in [1.165, 1.54) is 6.07 Å². The molecule has 0 radical (unpaired) electrons. The number of rotatable bonds is 9. The molecule has 1 aliphatic carbocycles. The summed E-state index contributed by atoms with van der Waals surface area (Å²) in [6.45, 7) is 2.07. The fourth-order valence-electron chi connectivity index (χ4n) is 3.64. The zero-order valence-electron chi connectivity index (χ0n) is 15.9. The van der Waals surface area contributed by atoms with Crippen molar-refractivity contribution in [2.24, 2.45) is 5.11 Å². The van der Waals surface area contributed by atoms with Crippen LogP contribution in [0.15, 0.2) is 22.2 Å². The van der Waals surface area contributed by atoms with Gasteiger partial charge in [-0.05, 0) is 18.0 Å². The molecule has 1 saturated heterocycles. The van der Waals surface area contributed by atoms with E-state index >= 15 is 4.39 Å². The van der Waals surface area contributed by atoms with Crippen molar-refractivity contribution in [1.29, 1.82) is 0 Å². The molecule has 0 bridgehead atoms. The predicted molar refractivity (Wildman–Crippen MR) is 98.0 cm³/mol. The Morgan fingerprint density at radius 3 is 2.90 bits per heavy atom. The van der Waals surface area contributed by atoms with E-state index in [2.05, 4.69) is 21.9 Å². The molecule has 0 spiro atoms. The Morgan fingerprint density at radius 2 is 2.24 bits per heavy atom. The Hall–Kier alpha value is -2.69. The zero-order valence-corrected chi connectivity index (χ0v) is 15.9. The first-order valence-corrected chi connectivity index (χ1v) is 9.46. The summed E-state index contributed by atoms with van der Waals surface area (Å²) >= 11 is 0. The van der Waals surface area contributed by atoms with E-state index in [0.717, 1.165) is 36.4 Å². The van der Waals surface area contributed by atoms with Crippen LogP contribution in [0, 0.1) is 0 Å². The molecule has 1 aromatic heterocycles. The van der Waals surface area contributed by atoms with Gasteiger partial charge in [0, 0.05) is 17.5 Å². The maximum absolute atomic E-state index is 15.1.